The molecule has 1 aliphatic heterocycles. The first-order valence-electron chi connectivity index (χ1n) is 11.4. The van der Waals surface area contributed by atoms with Crippen LogP contribution in [0.3, 0.4) is 0 Å². The first kappa shape index (κ1) is 23.9. The number of Topliss-reactive ketones (excluding diaryl/α,β-unsaturated/α-hetero) is 1. The lowest BCUT2D eigenvalue weighted by atomic mass is 9.56. The van der Waals surface area contributed by atoms with Crippen LogP contribution in [0.25, 0.3) is 0 Å². The molecule has 31 heavy (non-hydrogen) atoms. The molecule has 0 radical (unpaired) electrons. The van der Waals surface area contributed by atoms with Gasteiger partial charge in [-0.15, -0.1) is 0 Å². The van der Waals surface area contributed by atoms with Crippen molar-refractivity contribution in [2.75, 3.05) is 20.3 Å². The summed E-state index contributed by atoms with van der Waals surface area (Å²) in [6.45, 7) is 12.1. The molecule has 7 heteroatoms. The molecule has 1 heterocycles. The predicted molar refractivity (Wildman–Crippen MR) is 113 cm³/mol. The molecule has 0 bridgehead atoms. The number of ketones is 1. The summed E-state index contributed by atoms with van der Waals surface area (Å²) in [5, 5.41) is 0. The maximum atomic E-state index is 13.7. The van der Waals surface area contributed by atoms with Gasteiger partial charge in [0.05, 0.1) is 7.11 Å². The molecule has 7 atom stereocenters. The van der Waals surface area contributed by atoms with E-state index in [1.807, 2.05) is 53.7 Å². The number of ether oxygens (including phenoxy) is 4. The van der Waals surface area contributed by atoms with Crippen LogP contribution in [-0.4, -0.2) is 50.4 Å². The van der Waals surface area contributed by atoms with Crippen LogP contribution in [0.2, 0.25) is 0 Å². The molecule has 2 aliphatic carbocycles. The second-order valence-corrected chi connectivity index (χ2v) is 9.38. The summed E-state index contributed by atoms with van der Waals surface area (Å²) in [4.78, 5) is 40.9. The van der Waals surface area contributed by atoms with E-state index in [1.165, 1.54) is 7.11 Å². The highest BCUT2D eigenvalue weighted by Crippen LogP contribution is 2.71. The molecule has 0 aromatic heterocycles. The molecule has 3 fully saturated rings. The summed E-state index contributed by atoms with van der Waals surface area (Å²) < 4.78 is 23.1. The first-order valence-corrected chi connectivity index (χ1v) is 11.4. The number of hydrogen-bond acceptors (Lipinski definition) is 7. The zero-order valence-electron chi connectivity index (χ0n) is 19.7. The molecule has 2 saturated carbocycles. The highest BCUT2D eigenvalue weighted by atomic mass is 16.7. The summed E-state index contributed by atoms with van der Waals surface area (Å²) in [5.74, 6) is -3.08. The van der Waals surface area contributed by atoms with Crippen LogP contribution in [0.4, 0.5) is 0 Å². The number of carbonyl (C=O) groups excluding carboxylic acids is 3. The Morgan fingerprint density at radius 2 is 1.84 bits per heavy atom. The summed E-state index contributed by atoms with van der Waals surface area (Å²) >= 11 is 0. The van der Waals surface area contributed by atoms with E-state index < -0.39 is 52.9 Å². The van der Waals surface area contributed by atoms with Gasteiger partial charge in [0.2, 0.25) is 0 Å². The molecule has 7 nitrogen and oxygen atoms in total. The fourth-order valence-electron chi connectivity index (χ4n) is 6.57. The van der Waals surface area contributed by atoms with Crippen LogP contribution in [0.5, 0.6) is 0 Å². The van der Waals surface area contributed by atoms with Gasteiger partial charge in [-0.25, -0.2) is 0 Å². The van der Waals surface area contributed by atoms with Gasteiger partial charge >= 0.3 is 11.9 Å². The van der Waals surface area contributed by atoms with E-state index in [2.05, 4.69) is 0 Å². The minimum atomic E-state index is -1.66. The van der Waals surface area contributed by atoms with Crippen LogP contribution >= 0.6 is 0 Å². The number of rotatable bonds is 8. The highest BCUT2D eigenvalue weighted by Gasteiger charge is 2.83. The predicted octanol–water partition coefficient (Wildman–Crippen LogP) is 3.16. The molecule has 1 saturated heterocycles. The van der Waals surface area contributed by atoms with Gasteiger partial charge in [-0.05, 0) is 32.6 Å². The first-order chi connectivity index (χ1) is 14.7. The van der Waals surface area contributed by atoms with Crippen LogP contribution in [0.15, 0.2) is 12.2 Å². The second kappa shape index (κ2) is 8.66. The lowest BCUT2D eigenvalue weighted by molar-refractivity contribution is -0.207. The summed E-state index contributed by atoms with van der Waals surface area (Å²) in [6.07, 6.45) is 2.72. The van der Waals surface area contributed by atoms with E-state index >= 15 is 0 Å². The molecular weight excluding hydrogens is 400 g/mol. The topological polar surface area (TPSA) is 88.1 Å². The summed E-state index contributed by atoms with van der Waals surface area (Å²) in [7, 11) is 1.27. The van der Waals surface area contributed by atoms with Gasteiger partial charge in [0.25, 0.3) is 0 Å². The van der Waals surface area contributed by atoms with Crippen molar-refractivity contribution in [1.29, 1.82) is 0 Å². The third kappa shape index (κ3) is 3.10. The SMILES string of the molecule is C/C=C/[C@H]1[C@H](C(OCC)OCC)[C@]2(C(=O)OC)C(=O)O[C@H]3[C@@H]2[C@]1(C)C(=O)C[C@H]3C(C)C. The van der Waals surface area contributed by atoms with Gasteiger partial charge in [-0.3, -0.25) is 14.4 Å². The molecule has 0 spiro atoms. The Kier molecular flexibility index (Phi) is 6.68. The molecule has 3 aliphatic rings. The molecular formula is C24H36O7. The molecule has 0 N–H and O–H groups in total. The highest BCUT2D eigenvalue weighted by molar-refractivity contribution is 6.06. The smallest absolute Gasteiger partial charge is 0.324 e. The van der Waals surface area contributed by atoms with Crippen molar-refractivity contribution in [3.63, 3.8) is 0 Å². The molecule has 3 rings (SSSR count). The zero-order chi connectivity index (χ0) is 23.1. The molecule has 0 aromatic rings. The molecule has 174 valence electrons. The quantitative estimate of drug-likeness (QED) is 0.250. The van der Waals surface area contributed by atoms with Crippen LogP contribution < -0.4 is 0 Å². The monoisotopic (exact) mass is 436 g/mol. The van der Waals surface area contributed by atoms with E-state index in [1.54, 1.807) is 0 Å². The van der Waals surface area contributed by atoms with Crippen molar-refractivity contribution in [1.82, 2.24) is 0 Å². The Morgan fingerprint density at radius 1 is 1.23 bits per heavy atom. The Morgan fingerprint density at radius 3 is 2.32 bits per heavy atom. The van der Waals surface area contributed by atoms with E-state index in [9.17, 15) is 14.4 Å². The molecule has 0 unspecified atom stereocenters. The van der Waals surface area contributed by atoms with Crippen molar-refractivity contribution in [2.45, 2.75) is 60.4 Å². The summed E-state index contributed by atoms with van der Waals surface area (Å²) in [6, 6.07) is 0. The zero-order valence-corrected chi connectivity index (χ0v) is 19.7. The van der Waals surface area contributed by atoms with E-state index in [-0.39, 0.29) is 17.6 Å². The van der Waals surface area contributed by atoms with Gasteiger partial charge in [-0.1, -0.05) is 32.9 Å². The van der Waals surface area contributed by atoms with E-state index in [4.69, 9.17) is 18.9 Å². The van der Waals surface area contributed by atoms with Crippen molar-refractivity contribution < 1.29 is 33.3 Å². The third-order valence-corrected chi connectivity index (χ3v) is 7.83. The number of carbonyl (C=O) groups is 3. The number of hydrogen-bond donors (Lipinski definition) is 0. The summed E-state index contributed by atoms with van der Waals surface area (Å²) in [5.41, 5.74) is -2.63. The number of allylic oxidation sites excluding steroid dienone is 2. The van der Waals surface area contributed by atoms with E-state index in [0.717, 1.165) is 0 Å². The van der Waals surface area contributed by atoms with Gasteiger partial charge < -0.3 is 18.9 Å². The largest absolute Gasteiger partial charge is 0.468 e. The average molecular weight is 437 g/mol. The Balaban J connectivity index is 2.33. The van der Waals surface area contributed by atoms with Crippen LogP contribution in [-0.2, 0) is 33.3 Å². The van der Waals surface area contributed by atoms with Crippen molar-refractivity contribution in [3.8, 4) is 0 Å². The lowest BCUT2D eigenvalue weighted by Crippen LogP contribution is -2.54. The average Bonchev–Trinajstić information content (AvgIpc) is 3.16. The number of methoxy groups -OCH3 is 1. The van der Waals surface area contributed by atoms with Gasteiger partial charge in [-0.2, -0.15) is 0 Å². The fraction of sp³-hybridized carbons (Fsp3) is 0.792. The lowest BCUT2D eigenvalue weighted by Gasteiger charge is -2.45. The van der Waals surface area contributed by atoms with Gasteiger partial charge in [0.1, 0.15) is 11.9 Å². The Bertz CT molecular complexity index is 753. The van der Waals surface area contributed by atoms with Crippen molar-refractivity contribution in [2.24, 2.45) is 40.4 Å². The van der Waals surface area contributed by atoms with Gasteiger partial charge in [0.15, 0.2) is 11.7 Å². The van der Waals surface area contributed by atoms with Crippen LogP contribution in [0.1, 0.15) is 48.0 Å². The second-order valence-electron chi connectivity index (χ2n) is 9.38. The number of esters is 2. The van der Waals surface area contributed by atoms with Crippen LogP contribution in [0, 0.1) is 40.4 Å². The standard InChI is InChI=1S/C24H36O7/c1-8-11-15-17(20(29-9-2)30-10-3)24(21(26)28-7)19-18(31-22(24)27)14(13(4)5)12-16(25)23(15,19)6/h8,11,13-15,17-20H,9-10,12H2,1-7H3/b11-8+/t14-,15-,17+,18+,19+,23-,24-/m0/s1. The van der Waals surface area contributed by atoms with Gasteiger partial charge in [0, 0.05) is 42.8 Å². The van der Waals surface area contributed by atoms with Crippen molar-refractivity contribution >= 4 is 17.7 Å². The van der Waals surface area contributed by atoms with E-state index in [0.29, 0.717) is 19.6 Å². The minimum Gasteiger partial charge on any atom is -0.468 e. The maximum Gasteiger partial charge on any atom is 0.324 e. The molecule has 0 aromatic carbocycles. The Labute approximate surface area is 184 Å². The normalized spacial score (nSPS) is 39.5. The maximum absolute atomic E-state index is 13.7. The van der Waals surface area contributed by atoms with Crippen molar-refractivity contribution in [3.05, 3.63) is 12.2 Å². The third-order valence-electron chi connectivity index (χ3n) is 7.83. The fourth-order valence-corrected chi connectivity index (χ4v) is 6.57. The molecule has 0 amide bonds. The minimum absolute atomic E-state index is 0.0522. The Hall–Kier alpha value is -1.73.